The Morgan fingerprint density at radius 2 is 2.00 bits per heavy atom. The van der Waals surface area contributed by atoms with Gasteiger partial charge in [0, 0.05) is 29.2 Å². The molecule has 0 saturated heterocycles. The van der Waals surface area contributed by atoms with Crippen molar-refractivity contribution >= 4 is 22.6 Å². The van der Waals surface area contributed by atoms with E-state index in [1.165, 1.54) is 12.1 Å². The van der Waals surface area contributed by atoms with Gasteiger partial charge in [-0.2, -0.15) is 0 Å². The summed E-state index contributed by atoms with van der Waals surface area (Å²) in [5.41, 5.74) is 1.84. The summed E-state index contributed by atoms with van der Waals surface area (Å²) in [4.78, 5) is 25.7. The number of H-pyrrole nitrogens is 1. The molecule has 0 amide bonds. The highest BCUT2D eigenvalue weighted by Crippen LogP contribution is 2.25. The van der Waals surface area contributed by atoms with Crippen LogP contribution in [0, 0.1) is 10.1 Å². The zero-order valence-corrected chi connectivity index (χ0v) is 12.4. The third-order valence-electron chi connectivity index (χ3n) is 3.64. The number of nitrogens with one attached hydrogen (secondary N) is 1. The lowest BCUT2D eigenvalue weighted by Gasteiger charge is -2.13. The summed E-state index contributed by atoms with van der Waals surface area (Å²) < 4.78 is 5.44. The molecule has 3 rings (SSSR count). The zero-order chi connectivity index (χ0) is 16.4. The maximum Gasteiger partial charge on any atom is 0.340 e. The average molecular weight is 310 g/mol. The number of carbonyl (C=O) groups is 1. The molecule has 0 saturated carbocycles. The zero-order valence-electron chi connectivity index (χ0n) is 12.4. The van der Waals surface area contributed by atoms with E-state index in [9.17, 15) is 14.9 Å². The maximum absolute atomic E-state index is 12.3. The first-order chi connectivity index (χ1) is 11.1. The van der Waals surface area contributed by atoms with Crippen LogP contribution in [-0.4, -0.2) is 15.9 Å². The second-order valence-electron chi connectivity index (χ2n) is 5.15. The van der Waals surface area contributed by atoms with E-state index in [-0.39, 0.29) is 5.69 Å². The van der Waals surface area contributed by atoms with E-state index >= 15 is 0 Å². The average Bonchev–Trinajstić information content (AvgIpc) is 2.99. The number of benzene rings is 2. The van der Waals surface area contributed by atoms with Gasteiger partial charge in [0.05, 0.1) is 10.5 Å². The number of nitro groups is 1. The Morgan fingerprint density at radius 1 is 1.22 bits per heavy atom. The molecule has 0 radical (unpaired) electrons. The lowest BCUT2D eigenvalue weighted by Crippen LogP contribution is -2.09. The van der Waals surface area contributed by atoms with Gasteiger partial charge in [0.15, 0.2) is 0 Å². The summed E-state index contributed by atoms with van der Waals surface area (Å²) in [6.45, 7) is 1.69. The van der Waals surface area contributed by atoms with E-state index in [1.807, 2.05) is 24.3 Å². The molecular formula is C17H14N2O4. The van der Waals surface area contributed by atoms with Crippen molar-refractivity contribution in [3.63, 3.8) is 0 Å². The maximum atomic E-state index is 12.3. The number of rotatable bonds is 4. The van der Waals surface area contributed by atoms with Crippen LogP contribution >= 0.6 is 0 Å². The normalized spacial score (nSPS) is 12.0. The minimum Gasteiger partial charge on any atom is -0.454 e. The predicted molar refractivity (Wildman–Crippen MR) is 85.2 cm³/mol. The molecule has 1 N–H and O–H groups in total. The number of nitro benzene ring substituents is 1. The standard InChI is InChI=1S/C17H14N2O4/c1-11(12-5-4-6-13(9-12)19(21)22)23-17(20)15-10-18-16-8-3-2-7-14(15)16/h2-11,18H,1H3/t11-/m1/s1. The molecule has 0 aliphatic carbocycles. The molecule has 116 valence electrons. The second kappa shape index (κ2) is 5.92. The molecule has 6 heteroatoms. The largest absolute Gasteiger partial charge is 0.454 e. The van der Waals surface area contributed by atoms with Crippen LogP contribution in [0.25, 0.3) is 10.9 Å². The predicted octanol–water partition coefficient (Wildman–Crippen LogP) is 3.99. The molecule has 3 aromatic rings. The molecule has 2 aromatic carbocycles. The van der Waals surface area contributed by atoms with Gasteiger partial charge in [-0.25, -0.2) is 4.79 Å². The fourth-order valence-corrected chi connectivity index (χ4v) is 2.42. The van der Waals surface area contributed by atoms with Gasteiger partial charge < -0.3 is 9.72 Å². The molecular weight excluding hydrogens is 296 g/mol. The Hall–Kier alpha value is -3.15. The highest BCUT2D eigenvalue weighted by Gasteiger charge is 2.18. The molecule has 1 atom stereocenters. The number of esters is 1. The monoisotopic (exact) mass is 310 g/mol. The highest BCUT2D eigenvalue weighted by molar-refractivity contribution is 6.04. The van der Waals surface area contributed by atoms with Crippen molar-refractivity contribution in [1.29, 1.82) is 0 Å². The van der Waals surface area contributed by atoms with Crippen LogP contribution in [0.2, 0.25) is 0 Å². The van der Waals surface area contributed by atoms with Crippen LogP contribution in [0.5, 0.6) is 0 Å². The lowest BCUT2D eigenvalue weighted by molar-refractivity contribution is -0.385. The number of fused-ring (bicyclic) bond motifs is 1. The quantitative estimate of drug-likeness (QED) is 0.448. The molecule has 6 nitrogen and oxygen atoms in total. The second-order valence-corrected chi connectivity index (χ2v) is 5.15. The molecule has 1 aromatic heterocycles. The summed E-state index contributed by atoms with van der Waals surface area (Å²) in [7, 11) is 0. The van der Waals surface area contributed by atoms with Crippen LogP contribution in [0.1, 0.15) is 28.9 Å². The minimum absolute atomic E-state index is 0.0301. The third kappa shape index (κ3) is 2.91. The topological polar surface area (TPSA) is 85.2 Å². The van der Waals surface area contributed by atoms with E-state index in [0.717, 1.165) is 10.9 Å². The molecule has 0 spiro atoms. The van der Waals surface area contributed by atoms with E-state index in [0.29, 0.717) is 11.1 Å². The number of hydrogen-bond donors (Lipinski definition) is 1. The first kappa shape index (κ1) is 14.8. The Bertz CT molecular complexity index is 885. The molecule has 1 heterocycles. The third-order valence-corrected chi connectivity index (χ3v) is 3.64. The molecule has 0 aliphatic heterocycles. The van der Waals surface area contributed by atoms with Crippen LogP contribution in [0.4, 0.5) is 5.69 Å². The van der Waals surface area contributed by atoms with Gasteiger partial charge >= 0.3 is 5.97 Å². The number of ether oxygens (including phenoxy) is 1. The number of nitrogens with zero attached hydrogens (tertiary/aromatic N) is 1. The summed E-state index contributed by atoms with van der Waals surface area (Å²) >= 11 is 0. The highest BCUT2D eigenvalue weighted by atomic mass is 16.6. The fourth-order valence-electron chi connectivity index (χ4n) is 2.42. The number of para-hydroxylation sites is 1. The first-order valence-electron chi connectivity index (χ1n) is 7.07. The summed E-state index contributed by atoms with van der Waals surface area (Å²) in [5.74, 6) is -0.471. The van der Waals surface area contributed by atoms with E-state index in [1.54, 1.807) is 25.3 Å². The van der Waals surface area contributed by atoms with Gasteiger partial charge in [0.2, 0.25) is 0 Å². The number of hydrogen-bond acceptors (Lipinski definition) is 4. The van der Waals surface area contributed by atoms with Crippen molar-refractivity contribution in [2.24, 2.45) is 0 Å². The van der Waals surface area contributed by atoms with Crippen LogP contribution in [0.15, 0.2) is 54.7 Å². The van der Waals surface area contributed by atoms with Crippen molar-refractivity contribution in [3.05, 3.63) is 76.0 Å². The van der Waals surface area contributed by atoms with E-state index < -0.39 is 17.0 Å². The summed E-state index contributed by atoms with van der Waals surface area (Å²) in [5, 5.41) is 11.6. The number of carbonyl (C=O) groups excluding carboxylic acids is 1. The number of aromatic amines is 1. The Balaban J connectivity index is 1.82. The van der Waals surface area contributed by atoms with Crippen LogP contribution < -0.4 is 0 Å². The van der Waals surface area contributed by atoms with Crippen molar-refractivity contribution in [2.45, 2.75) is 13.0 Å². The van der Waals surface area contributed by atoms with E-state index in [4.69, 9.17) is 4.74 Å². The van der Waals surface area contributed by atoms with Crippen molar-refractivity contribution in [1.82, 2.24) is 4.98 Å². The van der Waals surface area contributed by atoms with Crippen molar-refractivity contribution < 1.29 is 14.5 Å². The van der Waals surface area contributed by atoms with Crippen molar-refractivity contribution in [3.8, 4) is 0 Å². The Morgan fingerprint density at radius 3 is 2.78 bits per heavy atom. The van der Waals surface area contributed by atoms with Gasteiger partial charge in [0.25, 0.3) is 5.69 Å². The molecule has 0 fully saturated rings. The molecule has 23 heavy (non-hydrogen) atoms. The SMILES string of the molecule is C[C@@H](OC(=O)c1c[nH]c2ccccc12)c1cccc([N+](=O)[O-])c1. The first-order valence-corrected chi connectivity index (χ1v) is 7.07. The molecule has 0 bridgehead atoms. The van der Waals surface area contributed by atoms with E-state index in [2.05, 4.69) is 4.98 Å². The molecule has 0 unspecified atom stereocenters. The Kier molecular flexibility index (Phi) is 3.80. The van der Waals surface area contributed by atoms with Gasteiger partial charge in [-0.3, -0.25) is 10.1 Å². The van der Waals surface area contributed by atoms with Gasteiger partial charge in [-0.05, 0) is 18.6 Å². The van der Waals surface area contributed by atoms with Gasteiger partial charge in [-0.15, -0.1) is 0 Å². The van der Waals surface area contributed by atoms with Crippen LogP contribution in [0.3, 0.4) is 0 Å². The number of aromatic nitrogens is 1. The van der Waals surface area contributed by atoms with Crippen LogP contribution in [-0.2, 0) is 4.74 Å². The summed E-state index contributed by atoms with van der Waals surface area (Å²) in [6.07, 6.45) is 1.02. The number of non-ortho nitro benzene ring substituents is 1. The van der Waals surface area contributed by atoms with Gasteiger partial charge in [-0.1, -0.05) is 30.3 Å². The fraction of sp³-hybridized carbons (Fsp3) is 0.118. The smallest absolute Gasteiger partial charge is 0.340 e. The van der Waals surface area contributed by atoms with Gasteiger partial charge in [0.1, 0.15) is 6.10 Å². The van der Waals surface area contributed by atoms with Crippen molar-refractivity contribution in [2.75, 3.05) is 0 Å². The molecule has 0 aliphatic rings. The lowest BCUT2D eigenvalue weighted by atomic mass is 10.1. The Labute approximate surface area is 131 Å². The minimum atomic E-state index is -0.587. The summed E-state index contributed by atoms with van der Waals surface area (Å²) in [6, 6.07) is 13.5.